The number of hydrogen-bond donors (Lipinski definition) is 1. The van der Waals surface area contributed by atoms with E-state index in [0.717, 1.165) is 30.7 Å². The van der Waals surface area contributed by atoms with E-state index in [9.17, 15) is 4.79 Å². The van der Waals surface area contributed by atoms with Gasteiger partial charge in [0.15, 0.2) is 17.3 Å². The second-order valence-electron chi connectivity index (χ2n) is 7.22. The Balaban J connectivity index is 1.73. The molecule has 1 saturated heterocycles. The van der Waals surface area contributed by atoms with Crippen LogP contribution in [0.25, 0.3) is 22.1 Å². The van der Waals surface area contributed by atoms with Crippen LogP contribution in [0.3, 0.4) is 0 Å². The van der Waals surface area contributed by atoms with Crippen molar-refractivity contribution in [2.75, 3.05) is 30.5 Å². The van der Waals surface area contributed by atoms with Gasteiger partial charge in [-0.3, -0.25) is 4.79 Å². The first-order chi connectivity index (χ1) is 14.1. The van der Waals surface area contributed by atoms with Crippen LogP contribution >= 0.6 is 11.6 Å². The number of imidazole rings is 1. The van der Waals surface area contributed by atoms with Gasteiger partial charge in [-0.15, -0.1) is 0 Å². The first-order valence-electron chi connectivity index (χ1n) is 9.36. The Morgan fingerprint density at radius 3 is 2.93 bits per heavy atom. The number of halogens is 1. The molecule has 0 bridgehead atoms. The molecule has 1 N–H and O–H groups in total. The minimum absolute atomic E-state index is 0.116. The van der Waals surface area contributed by atoms with E-state index in [1.165, 1.54) is 6.33 Å². The molecule has 0 radical (unpaired) electrons. The highest BCUT2D eigenvalue weighted by Crippen LogP contribution is 2.36. The predicted octanol–water partition coefficient (Wildman–Crippen LogP) is 2.26. The molecule has 0 unspecified atom stereocenters. The van der Waals surface area contributed by atoms with Gasteiger partial charge in [-0.25, -0.2) is 24.6 Å². The molecule has 10 heteroatoms. The van der Waals surface area contributed by atoms with Gasteiger partial charge in [0.05, 0.1) is 28.3 Å². The van der Waals surface area contributed by atoms with Crippen LogP contribution in [0.5, 0.6) is 0 Å². The van der Waals surface area contributed by atoms with Crippen molar-refractivity contribution in [3.63, 3.8) is 0 Å². The van der Waals surface area contributed by atoms with Crippen molar-refractivity contribution >= 4 is 39.5 Å². The van der Waals surface area contributed by atoms with E-state index >= 15 is 0 Å². The van der Waals surface area contributed by atoms with Crippen LogP contribution < -0.4 is 15.5 Å². The van der Waals surface area contributed by atoms with Crippen LogP contribution in [0.2, 0.25) is 5.02 Å². The fourth-order valence-electron chi connectivity index (χ4n) is 4.06. The van der Waals surface area contributed by atoms with Gasteiger partial charge in [0, 0.05) is 20.6 Å². The lowest BCUT2D eigenvalue weighted by Crippen LogP contribution is -2.42. The average molecular weight is 411 g/mol. The fourth-order valence-corrected chi connectivity index (χ4v) is 4.31. The number of H-pyrrole nitrogens is 1. The smallest absolute Gasteiger partial charge is 0.281 e. The Bertz CT molecular complexity index is 1280. The molecule has 148 valence electrons. The number of benzene rings is 1. The number of hydrogen-bond acceptors (Lipinski definition) is 7. The summed E-state index contributed by atoms with van der Waals surface area (Å²) < 4.78 is 1.60. The lowest BCUT2D eigenvalue weighted by atomic mass is 10.1. The van der Waals surface area contributed by atoms with E-state index in [4.69, 9.17) is 16.6 Å². The molecule has 0 spiro atoms. The molecule has 1 aliphatic heterocycles. The molecule has 1 fully saturated rings. The maximum Gasteiger partial charge on any atom is 0.281 e. The predicted molar refractivity (Wildman–Crippen MR) is 112 cm³/mol. The number of nitrogens with one attached hydrogen (secondary N) is 1. The largest absolute Gasteiger partial charge is 0.344 e. The molecule has 0 amide bonds. The van der Waals surface area contributed by atoms with Crippen LogP contribution in [0.15, 0.2) is 35.6 Å². The first kappa shape index (κ1) is 17.9. The molecule has 0 aliphatic carbocycles. The monoisotopic (exact) mass is 410 g/mol. The summed E-state index contributed by atoms with van der Waals surface area (Å²) in [7, 11) is 3.65. The van der Waals surface area contributed by atoms with E-state index in [1.807, 2.05) is 26.2 Å². The standard InChI is InChI=1S/C19H19ClN8O/c1-26(2)28-17(25-12-6-3-5-11(20)14(12)19(28)29)13-7-4-8-27(13)18-15-16(22-9-21-15)23-10-24-18/h3,5-6,9-10,13H,4,7-8H2,1-2H3,(H,21,22,23,24)/t13-/m0/s1. The molecule has 5 rings (SSSR count). The summed E-state index contributed by atoms with van der Waals surface area (Å²) in [5.41, 5.74) is 1.81. The lowest BCUT2D eigenvalue weighted by Gasteiger charge is -2.29. The second kappa shape index (κ2) is 6.70. The summed E-state index contributed by atoms with van der Waals surface area (Å²) in [6.07, 6.45) is 4.94. The summed E-state index contributed by atoms with van der Waals surface area (Å²) in [6.45, 7) is 0.798. The van der Waals surface area contributed by atoms with Gasteiger partial charge in [0.25, 0.3) is 5.56 Å². The maximum absolute atomic E-state index is 13.3. The molecule has 1 atom stereocenters. The van der Waals surface area contributed by atoms with E-state index in [2.05, 4.69) is 24.8 Å². The van der Waals surface area contributed by atoms with E-state index in [-0.39, 0.29) is 11.6 Å². The van der Waals surface area contributed by atoms with Crippen molar-refractivity contribution in [1.29, 1.82) is 0 Å². The Hall–Kier alpha value is -3.20. The van der Waals surface area contributed by atoms with Gasteiger partial charge in [-0.1, -0.05) is 17.7 Å². The van der Waals surface area contributed by atoms with Crippen LogP contribution in [0.4, 0.5) is 5.82 Å². The molecule has 29 heavy (non-hydrogen) atoms. The molecule has 4 aromatic rings. The molecule has 3 aromatic heterocycles. The zero-order chi connectivity index (χ0) is 20.1. The first-order valence-corrected chi connectivity index (χ1v) is 9.73. The zero-order valence-corrected chi connectivity index (χ0v) is 16.8. The summed E-state index contributed by atoms with van der Waals surface area (Å²) in [6, 6.07) is 5.23. The Morgan fingerprint density at radius 2 is 2.10 bits per heavy atom. The Morgan fingerprint density at radius 1 is 1.24 bits per heavy atom. The number of nitrogens with zero attached hydrogens (tertiary/aromatic N) is 7. The molecule has 1 aliphatic rings. The SMILES string of the molecule is CN(C)n1c([C@@H]2CCCN2c2ncnc3nc[nH]c23)nc2cccc(Cl)c2c1=O. The van der Waals surface area contributed by atoms with Crippen molar-refractivity contribution in [3.05, 3.63) is 52.1 Å². The van der Waals surface area contributed by atoms with Crippen molar-refractivity contribution < 1.29 is 0 Å². The van der Waals surface area contributed by atoms with Gasteiger partial charge in [0.2, 0.25) is 0 Å². The highest BCUT2D eigenvalue weighted by molar-refractivity contribution is 6.35. The molecule has 1 aromatic carbocycles. The summed E-state index contributed by atoms with van der Waals surface area (Å²) in [5.74, 6) is 1.43. The number of aromatic nitrogens is 6. The van der Waals surface area contributed by atoms with E-state index in [1.54, 1.807) is 22.1 Å². The number of rotatable bonds is 3. The summed E-state index contributed by atoms with van der Waals surface area (Å²) >= 11 is 6.32. The van der Waals surface area contributed by atoms with Gasteiger partial charge in [-0.05, 0) is 25.0 Å². The third kappa shape index (κ3) is 2.72. The lowest BCUT2D eigenvalue weighted by molar-refractivity contribution is 0.565. The van der Waals surface area contributed by atoms with Crippen molar-refractivity contribution in [2.45, 2.75) is 18.9 Å². The van der Waals surface area contributed by atoms with Crippen LogP contribution in [-0.2, 0) is 0 Å². The molecule has 4 heterocycles. The average Bonchev–Trinajstić information content (AvgIpc) is 3.36. The van der Waals surface area contributed by atoms with Crippen molar-refractivity contribution in [2.24, 2.45) is 0 Å². The molecular formula is C19H19ClN8O. The topological polar surface area (TPSA) is 95.8 Å². The Labute approximate surface area is 171 Å². The van der Waals surface area contributed by atoms with Crippen LogP contribution in [-0.4, -0.2) is 50.2 Å². The quantitative estimate of drug-likeness (QED) is 0.553. The number of fused-ring (bicyclic) bond motifs is 2. The van der Waals surface area contributed by atoms with Crippen LogP contribution in [0, 0.1) is 0 Å². The zero-order valence-electron chi connectivity index (χ0n) is 16.0. The third-order valence-electron chi connectivity index (χ3n) is 5.28. The number of anilines is 1. The molecule has 9 nitrogen and oxygen atoms in total. The third-order valence-corrected chi connectivity index (χ3v) is 5.59. The minimum Gasteiger partial charge on any atom is -0.344 e. The van der Waals surface area contributed by atoms with E-state index in [0.29, 0.717) is 27.4 Å². The maximum atomic E-state index is 13.3. The summed E-state index contributed by atoms with van der Waals surface area (Å²) in [4.78, 5) is 36.4. The van der Waals surface area contributed by atoms with Gasteiger partial charge in [0.1, 0.15) is 11.8 Å². The minimum atomic E-state index is -0.179. The van der Waals surface area contributed by atoms with Gasteiger partial charge in [-0.2, -0.15) is 0 Å². The number of aromatic amines is 1. The van der Waals surface area contributed by atoms with Crippen LogP contribution in [0.1, 0.15) is 24.7 Å². The van der Waals surface area contributed by atoms with Crippen molar-refractivity contribution in [3.8, 4) is 0 Å². The summed E-state index contributed by atoms with van der Waals surface area (Å²) in [5, 5.41) is 2.57. The Kier molecular flexibility index (Phi) is 4.13. The molecular weight excluding hydrogens is 392 g/mol. The second-order valence-corrected chi connectivity index (χ2v) is 7.63. The highest BCUT2D eigenvalue weighted by atomic mass is 35.5. The molecule has 0 saturated carbocycles. The fraction of sp³-hybridized carbons (Fsp3) is 0.316. The highest BCUT2D eigenvalue weighted by Gasteiger charge is 2.33. The van der Waals surface area contributed by atoms with Crippen molar-refractivity contribution in [1.82, 2.24) is 29.6 Å². The van der Waals surface area contributed by atoms with Gasteiger partial charge >= 0.3 is 0 Å². The normalized spacial score (nSPS) is 16.8. The van der Waals surface area contributed by atoms with E-state index < -0.39 is 0 Å². The van der Waals surface area contributed by atoms with Gasteiger partial charge < -0.3 is 14.9 Å².